The summed E-state index contributed by atoms with van der Waals surface area (Å²) in [4.78, 5) is 15.9. The summed E-state index contributed by atoms with van der Waals surface area (Å²) in [6, 6.07) is 8.18. The maximum Gasteiger partial charge on any atom is 0.184 e. The second-order valence-electron chi connectivity index (χ2n) is 3.84. The Morgan fingerprint density at radius 2 is 2.05 bits per heavy atom. The van der Waals surface area contributed by atoms with E-state index in [0.29, 0.717) is 10.6 Å². The second-order valence-corrected chi connectivity index (χ2v) is 4.68. The fourth-order valence-electron chi connectivity index (χ4n) is 1.66. The lowest BCUT2D eigenvalue weighted by Gasteiger charge is -2.05. The van der Waals surface area contributed by atoms with Crippen molar-refractivity contribution < 1.29 is 4.79 Å². The molecule has 0 saturated heterocycles. The first kappa shape index (κ1) is 14.1. The predicted octanol–water partition coefficient (Wildman–Crippen LogP) is 2.82. The van der Waals surface area contributed by atoms with E-state index in [9.17, 15) is 4.79 Å². The summed E-state index contributed by atoms with van der Waals surface area (Å²) in [7, 11) is 0. The predicted molar refractivity (Wildman–Crippen MR) is 72.4 cm³/mol. The first-order valence-electron chi connectivity index (χ1n) is 5.40. The van der Waals surface area contributed by atoms with Gasteiger partial charge >= 0.3 is 0 Å². The number of benzene rings is 1. The maximum atomic E-state index is 12.1. The zero-order valence-corrected chi connectivity index (χ0v) is 11.5. The summed E-state index contributed by atoms with van der Waals surface area (Å²) in [5.74, 6) is -0.301. The average molecular weight is 305 g/mol. The van der Waals surface area contributed by atoms with Crippen LogP contribution in [0.15, 0.2) is 24.5 Å². The molecule has 1 aromatic carbocycles. The first-order valence-corrected chi connectivity index (χ1v) is 6.16. The van der Waals surface area contributed by atoms with E-state index in [4.69, 9.17) is 33.7 Å². The van der Waals surface area contributed by atoms with Crippen molar-refractivity contribution in [3.63, 3.8) is 0 Å². The van der Waals surface area contributed by atoms with E-state index in [-0.39, 0.29) is 28.7 Å². The van der Waals surface area contributed by atoms with E-state index in [1.165, 1.54) is 23.0 Å². The van der Waals surface area contributed by atoms with E-state index < -0.39 is 0 Å². The number of Topliss-reactive ketones (excluding diaryl/α,β-unsaturated/α-hetero) is 1. The molecule has 20 heavy (non-hydrogen) atoms. The van der Waals surface area contributed by atoms with Crippen LogP contribution in [0.1, 0.15) is 21.7 Å². The van der Waals surface area contributed by atoms with Gasteiger partial charge in [0, 0.05) is 10.6 Å². The van der Waals surface area contributed by atoms with Crippen LogP contribution < -0.4 is 0 Å². The molecule has 0 amide bonds. The zero-order chi connectivity index (χ0) is 14.7. The summed E-state index contributed by atoms with van der Waals surface area (Å²) >= 11 is 11.7. The molecule has 1 heterocycles. The molecule has 0 aliphatic heterocycles. The van der Waals surface area contributed by atoms with Gasteiger partial charge in [0.25, 0.3) is 0 Å². The van der Waals surface area contributed by atoms with Gasteiger partial charge in [0.15, 0.2) is 17.2 Å². The molecule has 0 unspecified atom stereocenters. The number of aromatic nitrogens is 2. The number of rotatable bonds is 3. The average Bonchev–Trinajstić information content (AvgIpc) is 2.80. The fourth-order valence-corrected chi connectivity index (χ4v) is 2.17. The molecule has 0 spiro atoms. The number of carbonyl (C=O) groups is 1. The van der Waals surface area contributed by atoms with Crippen LogP contribution in [0.25, 0.3) is 0 Å². The van der Waals surface area contributed by atoms with Crippen LogP contribution in [-0.4, -0.2) is 15.3 Å². The van der Waals surface area contributed by atoms with Crippen molar-refractivity contribution in [2.24, 2.45) is 0 Å². The van der Waals surface area contributed by atoms with Gasteiger partial charge in [0.2, 0.25) is 0 Å². The van der Waals surface area contributed by atoms with E-state index in [2.05, 4.69) is 4.98 Å². The Hall–Kier alpha value is -2.34. The Balaban J connectivity index is 2.31. The largest absolute Gasteiger partial charge is 0.313 e. The molecule has 98 valence electrons. The van der Waals surface area contributed by atoms with Gasteiger partial charge < -0.3 is 4.57 Å². The molecule has 0 atom stereocenters. The lowest BCUT2D eigenvalue weighted by Crippen LogP contribution is -2.11. The third kappa shape index (κ3) is 2.65. The molecule has 1 aromatic heterocycles. The van der Waals surface area contributed by atoms with Gasteiger partial charge in [-0.15, -0.1) is 0 Å². The molecule has 2 aromatic rings. The summed E-state index contributed by atoms with van der Waals surface area (Å²) in [6.45, 7) is -0.126. The molecule has 0 aliphatic rings. The number of halogens is 2. The van der Waals surface area contributed by atoms with Crippen molar-refractivity contribution in [1.29, 1.82) is 10.5 Å². The highest BCUT2D eigenvalue weighted by Gasteiger charge is 2.16. The second kappa shape index (κ2) is 5.75. The summed E-state index contributed by atoms with van der Waals surface area (Å²) < 4.78 is 1.31. The summed E-state index contributed by atoms with van der Waals surface area (Å²) in [6.07, 6.45) is 1.28. The van der Waals surface area contributed by atoms with Gasteiger partial charge in [-0.2, -0.15) is 10.5 Å². The lowest BCUT2D eigenvalue weighted by molar-refractivity contribution is 0.0972. The number of nitriles is 2. The number of hydrogen-bond acceptors (Lipinski definition) is 4. The topological polar surface area (TPSA) is 82.5 Å². The third-order valence-electron chi connectivity index (χ3n) is 2.60. The highest BCUT2D eigenvalue weighted by Crippen LogP contribution is 2.22. The molecule has 0 N–H and O–H groups in total. The minimum atomic E-state index is -0.301. The van der Waals surface area contributed by atoms with E-state index in [0.717, 1.165) is 0 Å². The zero-order valence-electron chi connectivity index (χ0n) is 9.97. The molecule has 0 radical (unpaired) electrons. The van der Waals surface area contributed by atoms with Crippen LogP contribution in [0.3, 0.4) is 0 Å². The summed E-state index contributed by atoms with van der Waals surface area (Å²) in [5, 5.41) is 18.4. The van der Waals surface area contributed by atoms with Gasteiger partial charge in [0.1, 0.15) is 12.1 Å². The fraction of sp³-hybridized carbons (Fsp3) is 0.0769. The smallest absolute Gasteiger partial charge is 0.184 e. The minimum Gasteiger partial charge on any atom is -0.313 e. The molecule has 0 fully saturated rings. The Kier molecular flexibility index (Phi) is 4.05. The molecule has 2 rings (SSSR count). The van der Waals surface area contributed by atoms with E-state index in [1.807, 2.05) is 6.07 Å². The Morgan fingerprint density at radius 3 is 2.65 bits per heavy atom. The van der Waals surface area contributed by atoms with Crippen molar-refractivity contribution in [2.45, 2.75) is 6.54 Å². The van der Waals surface area contributed by atoms with E-state index in [1.54, 1.807) is 12.1 Å². The monoisotopic (exact) mass is 304 g/mol. The SMILES string of the molecule is N#Cc1ncn(CC(=O)c2ccc(Cl)cc2Cl)c1C#N. The highest BCUT2D eigenvalue weighted by atomic mass is 35.5. The minimum absolute atomic E-state index is 0.0116. The molecule has 0 bridgehead atoms. The Labute approximate surface area is 124 Å². The van der Waals surface area contributed by atoms with Gasteiger partial charge in [-0.3, -0.25) is 4.79 Å². The van der Waals surface area contributed by atoms with Gasteiger partial charge in [0.05, 0.1) is 17.9 Å². The van der Waals surface area contributed by atoms with Crippen LogP contribution in [0, 0.1) is 22.7 Å². The van der Waals surface area contributed by atoms with E-state index >= 15 is 0 Å². The van der Waals surface area contributed by atoms with Crippen LogP contribution in [0.5, 0.6) is 0 Å². The van der Waals surface area contributed by atoms with Gasteiger partial charge in [-0.05, 0) is 18.2 Å². The normalized spacial score (nSPS) is 9.80. The molecule has 0 aliphatic carbocycles. The van der Waals surface area contributed by atoms with Crippen molar-refractivity contribution >= 4 is 29.0 Å². The molecular weight excluding hydrogens is 299 g/mol. The third-order valence-corrected chi connectivity index (χ3v) is 3.14. The Bertz CT molecular complexity index is 768. The molecule has 5 nitrogen and oxygen atoms in total. The number of carbonyl (C=O) groups excluding carboxylic acids is 1. The summed E-state index contributed by atoms with van der Waals surface area (Å²) in [5.41, 5.74) is 0.334. The van der Waals surface area contributed by atoms with Crippen LogP contribution in [0.2, 0.25) is 10.0 Å². The van der Waals surface area contributed by atoms with Crippen LogP contribution >= 0.6 is 23.2 Å². The van der Waals surface area contributed by atoms with Crippen molar-refractivity contribution in [1.82, 2.24) is 9.55 Å². The van der Waals surface area contributed by atoms with Crippen molar-refractivity contribution in [3.05, 3.63) is 51.5 Å². The Morgan fingerprint density at radius 1 is 1.30 bits per heavy atom. The van der Waals surface area contributed by atoms with Crippen LogP contribution in [0.4, 0.5) is 0 Å². The molecule has 0 saturated carbocycles. The van der Waals surface area contributed by atoms with Crippen molar-refractivity contribution in [2.75, 3.05) is 0 Å². The van der Waals surface area contributed by atoms with Gasteiger partial charge in [-0.1, -0.05) is 23.2 Å². The van der Waals surface area contributed by atoms with Crippen molar-refractivity contribution in [3.8, 4) is 12.1 Å². The quantitative estimate of drug-likeness (QED) is 0.816. The van der Waals surface area contributed by atoms with Crippen LogP contribution in [-0.2, 0) is 6.54 Å². The number of imidazole rings is 1. The number of nitrogens with zero attached hydrogens (tertiary/aromatic N) is 4. The lowest BCUT2D eigenvalue weighted by atomic mass is 10.1. The highest BCUT2D eigenvalue weighted by molar-refractivity contribution is 6.36. The van der Waals surface area contributed by atoms with Gasteiger partial charge in [-0.25, -0.2) is 4.98 Å². The standard InChI is InChI=1S/C13H6Cl2N4O/c14-8-1-2-9(10(15)3-8)13(20)6-19-7-18-11(4-16)12(19)5-17/h1-3,7H,6H2. The first-order chi connectivity index (χ1) is 9.56. The maximum absolute atomic E-state index is 12.1. The molecular formula is C13H6Cl2N4O. The number of hydrogen-bond donors (Lipinski definition) is 0. The number of ketones is 1. The molecule has 7 heteroatoms.